The van der Waals surface area contributed by atoms with Crippen molar-refractivity contribution < 1.29 is 14.1 Å². The zero-order valence-corrected chi connectivity index (χ0v) is 20.0. The van der Waals surface area contributed by atoms with Crippen LogP contribution >= 0.6 is 11.8 Å². The monoisotopic (exact) mass is 456 g/mol. The third-order valence-electron chi connectivity index (χ3n) is 5.71. The first-order valence-electron chi connectivity index (χ1n) is 10.8. The van der Waals surface area contributed by atoms with Gasteiger partial charge in [-0.3, -0.25) is 9.36 Å². The number of hydrogen-bond donors (Lipinski definition) is 2. The lowest BCUT2D eigenvalue weighted by molar-refractivity contribution is -0.890. The van der Waals surface area contributed by atoms with Crippen LogP contribution < -0.4 is 10.2 Å². The Morgan fingerprint density at radius 3 is 2.47 bits per heavy atom. The predicted octanol–water partition coefficient (Wildman–Crippen LogP) is 3.86. The lowest BCUT2D eigenvalue weighted by Crippen LogP contribution is -3.05. The van der Waals surface area contributed by atoms with Crippen LogP contribution in [0.5, 0.6) is 0 Å². The first-order valence-corrected chi connectivity index (χ1v) is 11.8. The molecule has 0 fully saturated rings. The van der Waals surface area contributed by atoms with Crippen LogP contribution in [0.1, 0.15) is 50.5 Å². The molecule has 0 radical (unpaired) electrons. The summed E-state index contributed by atoms with van der Waals surface area (Å²) in [5.74, 6) is 0.910. The Bertz CT molecular complexity index is 1050. The number of nitrogens with zero attached hydrogens (tertiary/aromatic N) is 3. The van der Waals surface area contributed by atoms with Crippen LogP contribution in [0, 0.1) is 5.82 Å². The number of carbonyl (C=O) groups is 1. The molecule has 0 aliphatic carbocycles. The largest absolute Gasteiger partial charge is 0.331 e. The number of thioether (sulfide) groups is 1. The van der Waals surface area contributed by atoms with E-state index in [1.807, 2.05) is 36.9 Å². The molecule has 0 bridgehead atoms. The Morgan fingerprint density at radius 1 is 1.12 bits per heavy atom. The summed E-state index contributed by atoms with van der Waals surface area (Å²) in [5, 5.41) is 12.4. The number of nitrogens with one attached hydrogen (secondary N) is 2. The summed E-state index contributed by atoms with van der Waals surface area (Å²) in [4.78, 5) is 13.9. The molecular weight excluding hydrogens is 425 g/mol. The molecular formula is C24H31FN5OS+. The van der Waals surface area contributed by atoms with E-state index in [0.29, 0.717) is 11.1 Å². The van der Waals surface area contributed by atoms with E-state index < -0.39 is 0 Å². The minimum atomic E-state index is -0.303. The van der Waals surface area contributed by atoms with Crippen molar-refractivity contribution in [2.24, 2.45) is 0 Å². The molecule has 0 aliphatic heterocycles. The van der Waals surface area contributed by atoms with Gasteiger partial charge in [0.2, 0.25) is 5.91 Å². The summed E-state index contributed by atoms with van der Waals surface area (Å²) in [6.07, 6.45) is 0.997. The topological polar surface area (TPSA) is 64.2 Å². The number of rotatable bonds is 9. The molecule has 2 N–H and O–H groups in total. The van der Waals surface area contributed by atoms with Gasteiger partial charge in [-0.2, -0.15) is 0 Å². The SMILES string of the molecule is CC[C@@H](C)c1ccccc1NC(=O)CSc1nnc([C@@H](C)[NH+](C)C)n1-c1ccc(F)cc1. The molecule has 0 spiro atoms. The second-order valence-corrected chi connectivity index (χ2v) is 9.13. The number of anilines is 1. The van der Waals surface area contributed by atoms with Gasteiger partial charge in [0.1, 0.15) is 11.9 Å². The molecule has 1 amide bonds. The molecule has 0 aliphatic rings. The van der Waals surface area contributed by atoms with E-state index in [1.165, 1.54) is 28.8 Å². The number of quaternary nitrogens is 1. The summed E-state index contributed by atoms with van der Waals surface area (Å²) in [6.45, 7) is 6.35. The molecule has 3 rings (SSSR count). The van der Waals surface area contributed by atoms with E-state index >= 15 is 0 Å². The maximum absolute atomic E-state index is 13.5. The molecule has 0 saturated heterocycles. The number of hydrogen-bond acceptors (Lipinski definition) is 4. The molecule has 1 aromatic heterocycles. The van der Waals surface area contributed by atoms with E-state index in [-0.39, 0.29) is 23.5 Å². The first-order chi connectivity index (χ1) is 15.3. The van der Waals surface area contributed by atoms with Gasteiger partial charge in [-0.05, 0) is 55.2 Å². The molecule has 2 aromatic carbocycles. The van der Waals surface area contributed by atoms with Gasteiger partial charge >= 0.3 is 0 Å². The van der Waals surface area contributed by atoms with Gasteiger partial charge in [-0.15, -0.1) is 10.2 Å². The van der Waals surface area contributed by atoms with Gasteiger partial charge in [-0.1, -0.05) is 43.8 Å². The number of benzene rings is 2. The highest BCUT2D eigenvalue weighted by atomic mass is 32.2. The standard InChI is InChI=1S/C24H30FN5OS/c1-6-16(2)20-9-7-8-10-21(20)26-22(31)15-32-24-28-27-23(17(3)29(4)5)30(24)19-13-11-18(25)12-14-19/h7-14,16-17H,6,15H2,1-5H3,(H,26,31)/p+1/t16-,17-/m1/s1. The van der Waals surface area contributed by atoms with Crippen LogP contribution in [-0.2, 0) is 4.79 Å². The van der Waals surface area contributed by atoms with Crippen molar-refractivity contribution in [3.63, 3.8) is 0 Å². The number of halogens is 1. The van der Waals surface area contributed by atoms with E-state index in [1.54, 1.807) is 12.1 Å². The highest BCUT2D eigenvalue weighted by molar-refractivity contribution is 7.99. The van der Waals surface area contributed by atoms with Crippen LogP contribution in [-0.4, -0.2) is 40.5 Å². The van der Waals surface area contributed by atoms with Crippen molar-refractivity contribution >= 4 is 23.4 Å². The second-order valence-electron chi connectivity index (χ2n) is 8.19. The van der Waals surface area contributed by atoms with Gasteiger partial charge in [-0.25, -0.2) is 4.39 Å². The number of amides is 1. The molecule has 32 heavy (non-hydrogen) atoms. The van der Waals surface area contributed by atoms with Crippen molar-refractivity contribution in [1.29, 1.82) is 0 Å². The third-order valence-corrected chi connectivity index (χ3v) is 6.64. The Labute approximate surface area is 193 Å². The lowest BCUT2D eigenvalue weighted by atomic mass is 9.97. The average molecular weight is 457 g/mol. The summed E-state index contributed by atoms with van der Waals surface area (Å²) in [7, 11) is 4.09. The zero-order chi connectivity index (χ0) is 23.3. The fourth-order valence-corrected chi connectivity index (χ4v) is 4.08. The third kappa shape index (κ3) is 5.55. The van der Waals surface area contributed by atoms with E-state index in [4.69, 9.17) is 0 Å². The highest BCUT2D eigenvalue weighted by Gasteiger charge is 2.24. The van der Waals surface area contributed by atoms with Crippen molar-refractivity contribution in [2.75, 3.05) is 25.2 Å². The molecule has 2 atom stereocenters. The number of aromatic nitrogens is 3. The average Bonchev–Trinajstić information content (AvgIpc) is 3.21. The predicted molar refractivity (Wildman–Crippen MR) is 127 cm³/mol. The normalized spacial score (nSPS) is 13.2. The van der Waals surface area contributed by atoms with Crippen molar-refractivity contribution in [2.45, 2.75) is 44.3 Å². The van der Waals surface area contributed by atoms with Gasteiger partial charge in [0.05, 0.1) is 19.8 Å². The summed E-state index contributed by atoms with van der Waals surface area (Å²) in [6, 6.07) is 14.2. The summed E-state index contributed by atoms with van der Waals surface area (Å²) in [5.41, 5.74) is 2.75. The quantitative estimate of drug-likeness (QED) is 0.480. The van der Waals surface area contributed by atoms with Crippen LogP contribution in [0.4, 0.5) is 10.1 Å². The molecule has 6 nitrogen and oxygen atoms in total. The maximum Gasteiger partial charge on any atom is 0.234 e. The maximum atomic E-state index is 13.5. The van der Waals surface area contributed by atoms with Crippen LogP contribution in [0.15, 0.2) is 53.7 Å². The molecule has 8 heteroatoms. The van der Waals surface area contributed by atoms with E-state index in [9.17, 15) is 9.18 Å². The minimum Gasteiger partial charge on any atom is -0.331 e. The van der Waals surface area contributed by atoms with Gasteiger partial charge in [0.25, 0.3) is 0 Å². The van der Waals surface area contributed by atoms with Gasteiger partial charge in [0, 0.05) is 11.4 Å². The Balaban J connectivity index is 1.81. The number of para-hydroxylation sites is 1. The van der Waals surface area contributed by atoms with Crippen LogP contribution in [0.25, 0.3) is 5.69 Å². The number of carbonyl (C=O) groups excluding carboxylic acids is 1. The lowest BCUT2D eigenvalue weighted by Gasteiger charge is -2.18. The highest BCUT2D eigenvalue weighted by Crippen LogP contribution is 2.28. The Morgan fingerprint density at radius 2 is 1.81 bits per heavy atom. The smallest absolute Gasteiger partial charge is 0.234 e. The van der Waals surface area contributed by atoms with Crippen LogP contribution in [0.3, 0.4) is 0 Å². The molecule has 170 valence electrons. The zero-order valence-electron chi connectivity index (χ0n) is 19.2. The molecule has 0 saturated carbocycles. The summed E-state index contributed by atoms with van der Waals surface area (Å²) >= 11 is 1.32. The minimum absolute atomic E-state index is 0.0677. The van der Waals surface area contributed by atoms with Gasteiger partial charge < -0.3 is 10.2 Å². The fraction of sp³-hybridized carbons (Fsp3) is 0.375. The fourth-order valence-electron chi connectivity index (χ4n) is 3.32. The summed E-state index contributed by atoms with van der Waals surface area (Å²) < 4.78 is 15.4. The van der Waals surface area contributed by atoms with Crippen LogP contribution in [0.2, 0.25) is 0 Å². The second kappa shape index (κ2) is 10.7. The molecule has 0 unspecified atom stereocenters. The molecule has 3 aromatic rings. The van der Waals surface area contributed by atoms with Crippen molar-refractivity contribution in [3.05, 3.63) is 65.7 Å². The van der Waals surface area contributed by atoms with Crippen molar-refractivity contribution in [1.82, 2.24) is 14.8 Å². The van der Waals surface area contributed by atoms with E-state index in [0.717, 1.165) is 29.2 Å². The Hall–Kier alpha value is -2.71. The molecule has 1 heterocycles. The van der Waals surface area contributed by atoms with Crippen molar-refractivity contribution in [3.8, 4) is 5.69 Å². The van der Waals surface area contributed by atoms with Gasteiger partial charge in [0.15, 0.2) is 11.0 Å². The Kier molecular flexibility index (Phi) is 8.04. The first kappa shape index (κ1) is 23.9. The van der Waals surface area contributed by atoms with E-state index in [2.05, 4.69) is 42.4 Å².